The minimum absolute atomic E-state index is 0.830. The monoisotopic (exact) mass is 178 g/mol. The molecule has 0 aliphatic rings. The fourth-order valence-corrected chi connectivity index (χ4v) is 1.12. The molecule has 0 atom stereocenters. The summed E-state index contributed by atoms with van der Waals surface area (Å²) < 4.78 is 5.12. The normalized spacial score (nSPS) is 9.46. The number of nitrogens with zero attached hydrogens (tertiary/aromatic N) is 2. The van der Waals surface area contributed by atoms with Crippen molar-refractivity contribution >= 4 is 18.1 Å². The van der Waals surface area contributed by atoms with Crippen LogP contribution in [0.25, 0.3) is 0 Å². The molecule has 0 radical (unpaired) electrons. The van der Waals surface area contributed by atoms with Crippen molar-refractivity contribution in [1.82, 2.24) is 0 Å². The average molecular weight is 178 g/mol. The summed E-state index contributed by atoms with van der Waals surface area (Å²) in [5.74, 6) is 0.830. The van der Waals surface area contributed by atoms with Gasteiger partial charge in [-0.05, 0) is 18.9 Å². The van der Waals surface area contributed by atoms with Gasteiger partial charge in [0.05, 0.1) is 18.5 Å². The van der Waals surface area contributed by atoms with E-state index in [0.717, 1.165) is 17.1 Å². The highest BCUT2D eigenvalue weighted by Gasteiger charge is 2.03. The summed E-state index contributed by atoms with van der Waals surface area (Å²) in [4.78, 5) is 5.90. The van der Waals surface area contributed by atoms with E-state index in [0.29, 0.717) is 0 Å². The summed E-state index contributed by atoms with van der Waals surface area (Å²) in [5, 5.41) is 0. The molecule has 0 fully saturated rings. The lowest BCUT2D eigenvalue weighted by atomic mass is 10.2. The van der Waals surface area contributed by atoms with Gasteiger partial charge in [-0.1, -0.05) is 0 Å². The Bertz CT molecular complexity index is 308. The second-order valence-corrected chi connectivity index (χ2v) is 2.91. The summed E-state index contributed by atoms with van der Waals surface area (Å²) in [6.45, 7) is 3.51. The second-order valence-electron chi connectivity index (χ2n) is 2.91. The molecule has 0 heterocycles. The summed E-state index contributed by atoms with van der Waals surface area (Å²) in [7, 11) is 5.57. The minimum atomic E-state index is 0.830. The topological polar surface area (TPSA) is 24.8 Å². The van der Waals surface area contributed by atoms with E-state index in [9.17, 15) is 0 Å². The third kappa shape index (κ3) is 1.99. The Morgan fingerprint density at radius 1 is 1.38 bits per heavy atom. The Morgan fingerprint density at radius 3 is 2.54 bits per heavy atom. The van der Waals surface area contributed by atoms with Crippen LogP contribution < -0.4 is 9.64 Å². The first-order chi connectivity index (χ1) is 6.19. The molecule has 0 aliphatic carbocycles. The van der Waals surface area contributed by atoms with Crippen molar-refractivity contribution in [2.75, 3.05) is 26.1 Å². The van der Waals surface area contributed by atoms with Crippen molar-refractivity contribution in [1.29, 1.82) is 0 Å². The molecular formula is C10H14N2O. The van der Waals surface area contributed by atoms with Crippen LogP contribution in [0.5, 0.6) is 5.75 Å². The van der Waals surface area contributed by atoms with Gasteiger partial charge in [0.1, 0.15) is 5.75 Å². The van der Waals surface area contributed by atoms with Gasteiger partial charge in [0, 0.05) is 20.2 Å². The molecule has 0 saturated heterocycles. The van der Waals surface area contributed by atoms with E-state index in [-0.39, 0.29) is 0 Å². The zero-order valence-corrected chi connectivity index (χ0v) is 8.24. The lowest BCUT2D eigenvalue weighted by Gasteiger charge is -2.15. The molecule has 70 valence electrons. The van der Waals surface area contributed by atoms with Gasteiger partial charge in [0.15, 0.2) is 0 Å². The van der Waals surface area contributed by atoms with E-state index in [1.54, 1.807) is 7.11 Å². The Hall–Kier alpha value is -1.51. The standard InChI is InChI=1S/C10H14N2O/c1-11-9-6-5-8(13-4)7-10(9)12(2)3/h5-7H,1H2,2-4H3. The van der Waals surface area contributed by atoms with Crippen molar-refractivity contribution < 1.29 is 4.74 Å². The van der Waals surface area contributed by atoms with Crippen LogP contribution in [0.2, 0.25) is 0 Å². The Balaban J connectivity index is 3.17. The van der Waals surface area contributed by atoms with Crippen LogP contribution in [-0.4, -0.2) is 27.9 Å². The molecule has 0 bridgehead atoms. The Morgan fingerprint density at radius 2 is 2.08 bits per heavy atom. The maximum absolute atomic E-state index is 5.12. The highest BCUT2D eigenvalue weighted by Crippen LogP contribution is 2.30. The molecule has 0 spiro atoms. The molecule has 0 aromatic heterocycles. The van der Waals surface area contributed by atoms with Gasteiger partial charge in [-0.3, -0.25) is 4.99 Å². The fourth-order valence-electron chi connectivity index (χ4n) is 1.12. The molecule has 3 nitrogen and oxygen atoms in total. The summed E-state index contributed by atoms with van der Waals surface area (Å²) >= 11 is 0. The van der Waals surface area contributed by atoms with Crippen molar-refractivity contribution in [3.63, 3.8) is 0 Å². The summed E-state index contributed by atoms with van der Waals surface area (Å²) in [5.41, 5.74) is 1.88. The van der Waals surface area contributed by atoms with Gasteiger partial charge in [0.25, 0.3) is 0 Å². The molecule has 1 rings (SSSR count). The van der Waals surface area contributed by atoms with Crippen molar-refractivity contribution in [2.45, 2.75) is 0 Å². The SMILES string of the molecule is C=Nc1ccc(OC)cc1N(C)C. The smallest absolute Gasteiger partial charge is 0.121 e. The highest BCUT2D eigenvalue weighted by molar-refractivity contribution is 5.70. The lowest BCUT2D eigenvalue weighted by Crippen LogP contribution is -2.08. The van der Waals surface area contributed by atoms with Gasteiger partial charge in [0.2, 0.25) is 0 Å². The molecule has 1 aromatic rings. The zero-order chi connectivity index (χ0) is 9.84. The fraction of sp³-hybridized carbons (Fsp3) is 0.300. The number of ether oxygens (including phenoxy) is 1. The largest absolute Gasteiger partial charge is 0.497 e. The van der Waals surface area contributed by atoms with E-state index < -0.39 is 0 Å². The first kappa shape index (κ1) is 9.58. The quantitative estimate of drug-likeness (QED) is 0.662. The van der Waals surface area contributed by atoms with Gasteiger partial charge < -0.3 is 9.64 Å². The molecule has 0 saturated carbocycles. The summed E-state index contributed by atoms with van der Waals surface area (Å²) in [6.07, 6.45) is 0. The first-order valence-electron chi connectivity index (χ1n) is 4.01. The van der Waals surface area contributed by atoms with Crippen molar-refractivity contribution in [3.05, 3.63) is 18.2 Å². The van der Waals surface area contributed by atoms with Crippen molar-refractivity contribution in [3.8, 4) is 5.75 Å². The van der Waals surface area contributed by atoms with Gasteiger partial charge in [-0.15, -0.1) is 0 Å². The number of rotatable bonds is 3. The number of benzene rings is 1. The maximum atomic E-state index is 5.12. The van der Waals surface area contributed by atoms with Crippen LogP contribution in [-0.2, 0) is 0 Å². The number of anilines is 1. The maximum Gasteiger partial charge on any atom is 0.121 e. The van der Waals surface area contributed by atoms with Crippen LogP contribution in [0.3, 0.4) is 0 Å². The summed E-state index contributed by atoms with van der Waals surface area (Å²) in [6, 6.07) is 5.70. The van der Waals surface area contributed by atoms with Crippen LogP contribution in [0, 0.1) is 0 Å². The van der Waals surface area contributed by atoms with Crippen LogP contribution >= 0.6 is 0 Å². The van der Waals surface area contributed by atoms with E-state index in [2.05, 4.69) is 11.7 Å². The number of methoxy groups -OCH3 is 1. The van der Waals surface area contributed by atoms with E-state index in [1.807, 2.05) is 37.2 Å². The van der Waals surface area contributed by atoms with Gasteiger partial charge in [-0.2, -0.15) is 0 Å². The molecule has 13 heavy (non-hydrogen) atoms. The first-order valence-corrected chi connectivity index (χ1v) is 4.01. The average Bonchev–Trinajstić information content (AvgIpc) is 2.16. The van der Waals surface area contributed by atoms with Gasteiger partial charge >= 0.3 is 0 Å². The van der Waals surface area contributed by atoms with Crippen LogP contribution in [0.1, 0.15) is 0 Å². The van der Waals surface area contributed by atoms with Gasteiger partial charge in [-0.25, -0.2) is 0 Å². The molecule has 1 aromatic carbocycles. The molecule has 0 unspecified atom stereocenters. The Kier molecular flexibility index (Phi) is 2.90. The predicted octanol–water partition coefficient (Wildman–Crippen LogP) is 2.09. The number of aliphatic imine (C=N–C) groups is 1. The zero-order valence-electron chi connectivity index (χ0n) is 8.24. The Labute approximate surface area is 78.7 Å². The number of hydrogen-bond donors (Lipinski definition) is 0. The molecule has 3 heteroatoms. The van der Waals surface area contributed by atoms with Crippen LogP contribution in [0.15, 0.2) is 23.2 Å². The third-order valence-corrected chi connectivity index (χ3v) is 1.83. The van der Waals surface area contributed by atoms with E-state index >= 15 is 0 Å². The molecule has 0 N–H and O–H groups in total. The molecule has 0 aliphatic heterocycles. The molecule has 0 amide bonds. The van der Waals surface area contributed by atoms with Crippen molar-refractivity contribution in [2.24, 2.45) is 4.99 Å². The predicted molar refractivity (Wildman–Crippen MR) is 56.5 cm³/mol. The lowest BCUT2D eigenvalue weighted by molar-refractivity contribution is 0.415. The highest BCUT2D eigenvalue weighted by atomic mass is 16.5. The number of hydrogen-bond acceptors (Lipinski definition) is 3. The second kappa shape index (κ2) is 3.94. The molecular weight excluding hydrogens is 164 g/mol. The van der Waals surface area contributed by atoms with E-state index in [1.165, 1.54) is 0 Å². The van der Waals surface area contributed by atoms with Crippen LogP contribution in [0.4, 0.5) is 11.4 Å². The van der Waals surface area contributed by atoms with E-state index in [4.69, 9.17) is 4.74 Å². The minimum Gasteiger partial charge on any atom is -0.497 e. The third-order valence-electron chi connectivity index (χ3n) is 1.83.